The molecule has 0 N–H and O–H groups in total. The fraction of sp³-hybridized carbons (Fsp3) is 0.625. The van der Waals surface area contributed by atoms with Crippen molar-refractivity contribution in [1.29, 1.82) is 0 Å². The molecule has 0 radical (unpaired) electrons. The average Bonchev–Trinajstić information content (AvgIpc) is 3.26. The summed E-state index contributed by atoms with van der Waals surface area (Å²) in [6, 6.07) is 0.186. The summed E-state index contributed by atoms with van der Waals surface area (Å²) in [7, 11) is 0. The normalized spacial score (nSPS) is 18.2. The topological polar surface area (TPSA) is 75.4 Å². The third-order valence-electron chi connectivity index (χ3n) is 4.27. The average molecular weight is 349 g/mol. The Kier molecular flexibility index (Phi) is 5.25. The molecule has 1 aliphatic heterocycles. The molecule has 1 aliphatic rings. The number of aryl methyl sites for hydroxylation is 2. The minimum atomic E-state index is 0.0502. The number of amides is 1. The molecule has 1 amide bonds. The Hall–Kier alpha value is -1.80. The van der Waals surface area contributed by atoms with Crippen LogP contribution in [-0.2, 0) is 24.3 Å². The summed E-state index contributed by atoms with van der Waals surface area (Å²) in [5.74, 6) is 1.24. The fourth-order valence-electron chi connectivity index (χ4n) is 3.07. The van der Waals surface area contributed by atoms with Gasteiger partial charge >= 0.3 is 0 Å². The molecule has 1 fully saturated rings. The Morgan fingerprint density at radius 1 is 1.50 bits per heavy atom. The highest BCUT2D eigenvalue weighted by atomic mass is 32.1. The van der Waals surface area contributed by atoms with Gasteiger partial charge in [-0.15, -0.1) is 11.3 Å². The lowest BCUT2D eigenvalue weighted by Crippen LogP contribution is -2.40. The van der Waals surface area contributed by atoms with Crippen LogP contribution in [0.3, 0.4) is 0 Å². The lowest BCUT2D eigenvalue weighted by molar-refractivity contribution is -0.131. The van der Waals surface area contributed by atoms with Crippen molar-refractivity contribution in [3.63, 3.8) is 0 Å². The third-order valence-corrected chi connectivity index (χ3v) is 5.09. The lowest BCUT2D eigenvalue weighted by Gasteiger charge is -2.26. The fourth-order valence-corrected chi connectivity index (χ4v) is 3.67. The monoisotopic (exact) mass is 349 g/mol. The van der Waals surface area contributed by atoms with Crippen LogP contribution in [0.15, 0.2) is 9.90 Å². The van der Waals surface area contributed by atoms with Crippen molar-refractivity contribution >= 4 is 17.2 Å². The highest BCUT2D eigenvalue weighted by Crippen LogP contribution is 2.20. The van der Waals surface area contributed by atoms with Crippen LogP contribution < -0.4 is 0 Å². The zero-order chi connectivity index (χ0) is 17.1. The van der Waals surface area contributed by atoms with Crippen molar-refractivity contribution in [2.75, 3.05) is 13.1 Å². The summed E-state index contributed by atoms with van der Waals surface area (Å²) in [4.78, 5) is 25.1. The van der Waals surface area contributed by atoms with Crippen LogP contribution in [0.5, 0.6) is 0 Å². The molecule has 3 heterocycles. The van der Waals surface area contributed by atoms with Crippen LogP contribution >= 0.6 is 11.3 Å². The van der Waals surface area contributed by atoms with Gasteiger partial charge in [0.25, 0.3) is 0 Å². The summed E-state index contributed by atoms with van der Waals surface area (Å²) in [6.45, 7) is 8.67. The summed E-state index contributed by atoms with van der Waals surface area (Å²) < 4.78 is 5.14. The standard InChI is InChI=1S/C16H23N5O2S/c1-4-16-18-15(19-23-16)9-21(12(3)22)14-5-6-20(8-14)7-13-10-24-11(2)17-13/h10,14H,4-9H2,1-3H3. The number of carbonyl (C=O) groups is 1. The molecular weight excluding hydrogens is 326 g/mol. The van der Waals surface area contributed by atoms with Gasteiger partial charge in [0.2, 0.25) is 11.8 Å². The number of hydrogen-bond acceptors (Lipinski definition) is 7. The van der Waals surface area contributed by atoms with Crippen molar-refractivity contribution in [2.24, 2.45) is 0 Å². The zero-order valence-corrected chi connectivity index (χ0v) is 15.2. The Bertz CT molecular complexity index is 698. The van der Waals surface area contributed by atoms with Gasteiger partial charge in [-0.2, -0.15) is 4.98 Å². The van der Waals surface area contributed by atoms with E-state index in [0.717, 1.165) is 36.8 Å². The maximum absolute atomic E-state index is 12.1. The van der Waals surface area contributed by atoms with E-state index < -0.39 is 0 Å². The van der Waals surface area contributed by atoms with E-state index in [1.807, 2.05) is 18.7 Å². The number of rotatable bonds is 6. The first-order chi connectivity index (χ1) is 11.5. The minimum Gasteiger partial charge on any atom is -0.339 e. The SMILES string of the molecule is CCc1nc(CN(C(C)=O)C2CCN(Cc3csc(C)n3)C2)no1. The first kappa shape index (κ1) is 17.0. The van der Waals surface area contributed by atoms with E-state index >= 15 is 0 Å². The maximum Gasteiger partial charge on any atom is 0.226 e. The number of carbonyl (C=O) groups excluding carboxylic acids is 1. The predicted octanol–water partition coefficient (Wildman–Crippen LogP) is 2.02. The maximum atomic E-state index is 12.1. The second-order valence-corrected chi connectivity index (χ2v) is 7.20. The molecular formula is C16H23N5O2S. The lowest BCUT2D eigenvalue weighted by atomic mass is 10.2. The van der Waals surface area contributed by atoms with E-state index in [1.54, 1.807) is 18.3 Å². The molecule has 7 nitrogen and oxygen atoms in total. The quantitative estimate of drug-likeness (QED) is 0.794. The van der Waals surface area contributed by atoms with Crippen LogP contribution in [0.25, 0.3) is 0 Å². The van der Waals surface area contributed by atoms with Gasteiger partial charge in [-0.1, -0.05) is 12.1 Å². The molecule has 0 spiro atoms. The predicted molar refractivity (Wildman–Crippen MR) is 90.4 cm³/mol. The van der Waals surface area contributed by atoms with Gasteiger partial charge in [-0.25, -0.2) is 4.98 Å². The van der Waals surface area contributed by atoms with Crippen LogP contribution in [0, 0.1) is 6.92 Å². The molecule has 0 aromatic carbocycles. The molecule has 0 bridgehead atoms. The van der Waals surface area contributed by atoms with Gasteiger partial charge in [-0.3, -0.25) is 9.69 Å². The molecule has 8 heteroatoms. The summed E-state index contributed by atoms with van der Waals surface area (Å²) in [5.41, 5.74) is 1.11. The van der Waals surface area contributed by atoms with Crippen LogP contribution in [0.2, 0.25) is 0 Å². The van der Waals surface area contributed by atoms with Crippen LogP contribution in [0.1, 0.15) is 42.7 Å². The molecule has 2 aromatic heterocycles. The van der Waals surface area contributed by atoms with Gasteiger partial charge in [0.05, 0.1) is 17.2 Å². The van der Waals surface area contributed by atoms with Crippen molar-refractivity contribution in [3.8, 4) is 0 Å². The second-order valence-electron chi connectivity index (χ2n) is 6.14. The summed E-state index contributed by atoms with van der Waals surface area (Å²) in [5, 5.41) is 7.17. The Morgan fingerprint density at radius 3 is 2.96 bits per heavy atom. The van der Waals surface area contributed by atoms with Crippen LogP contribution in [-0.4, -0.2) is 50.0 Å². The Balaban J connectivity index is 1.61. The van der Waals surface area contributed by atoms with E-state index in [2.05, 4.69) is 25.4 Å². The Morgan fingerprint density at radius 2 is 2.33 bits per heavy atom. The van der Waals surface area contributed by atoms with Gasteiger partial charge in [0.15, 0.2) is 5.82 Å². The molecule has 130 valence electrons. The highest BCUT2D eigenvalue weighted by Gasteiger charge is 2.30. The van der Waals surface area contributed by atoms with Gasteiger partial charge in [0.1, 0.15) is 0 Å². The molecule has 0 saturated carbocycles. The minimum absolute atomic E-state index is 0.0502. The summed E-state index contributed by atoms with van der Waals surface area (Å²) in [6.07, 6.45) is 1.67. The number of likely N-dealkylation sites (tertiary alicyclic amines) is 1. The van der Waals surface area contributed by atoms with E-state index in [4.69, 9.17) is 4.52 Å². The first-order valence-electron chi connectivity index (χ1n) is 8.27. The van der Waals surface area contributed by atoms with Gasteiger partial charge < -0.3 is 9.42 Å². The van der Waals surface area contributed by atoms with Crippen molar-refractivity contribution in [3.05, 3.63) is 27.8 Å². The van der Waals surface area contributed by atoms with Crippen molar-refractivity contribution in [1.82, 2.24) is 24.9 Å². The smallest absolute Gasteiger partial charge is 0.226 e. The van der Waals surface area contributed by atoms with Crippen molar-refractivity contribution < 1.29 is 9.32 Å². The number of nitrogens with zero attached hydrogens (tertiary/aromatic N) is 5. The molecule has 1 atom stereocenters. The molecule has 0 aliphatic carbocycles. The van der Waals surface area contributed by atoms with Crippen molar-refractivity contribution in [2.45, 2.75) is 52.7 Å². The van der Waals surface area contributed by atoms with E-state index in [9.17, 15) is 4.79 Å². The van der Waals surface area contributed by atoms with E-state index in [-0.39, 0.29) is 11.9 Å². The Labute approximate surface area is 145 Å². The third kappa shape index (κ3) is 3.99. The molecule has 24 heavy (non-hydrogen) atoms. The number of hydrogen-bond donors (Lipinski definition) is 0. The molecule has 1 unspecified atom stereocenters. The van der Waals surface area contributed by atoms with Crippen LogP contribution in [0.4, 0.5) is 0 Å². The number of aromatic nitrogens is 3. The molecule has 1 saturated heterocycles. The first-order valence-corrected chi connectivity index (χ1v) is 9.15. The second kappa shape index (κ2) is 7.40. The largest absolute Gasteiger partial charge is 0.339 e. The summed E-state index contributed by atoms with van der Waals surface area (Å²) >= 11 is 1.68. The highest BCUT2D eigenvalue weighted by molar-refractivity contribution is 7.09. The van der Waals surface area contributed by atoms with Gasteiger partial charge in [-0.05, 0) is 13.3 Å². The van der Waals surface area contributed by atoms with E-state index in [0.29, 0.717) is 24.7 Å². The molecule has 3 rings (SSSR count). The number of thiazole rings is 1. The molecule has 2 aromatic rings. The van der Waals surface area contributed by atoms with Gasteiger partial charge in [0, 0.05) is 44.4 Å². The zero-order valence-electron chi connectivity index (χ0n) is 14.4. The van der Waals surface area contributed by atoms with E-state index in [1.165, 1.54) is 0 Å².